The monoisotopic (exact) mass is 276 g/mol. The molecule has 20 heavy (non-hydrogen) atoms. The molecule has 1 saturated heterocycles. The van der Waals surface area contributed by atoms with E-state index >= 15 is 0 Å². The van der Waals surface area contributed by atoms with Gasteiger partial charge in [-0.25, -0.2) is 4.79 Å². The molecule has 0 aromatic heterocycles. The Morgan fingerprint density at radius 3 is 2.60 bits per heavy atom. The van der Waals surface area contributed by atoms with Crippen molar-refractivity contribution in [3.8, 4) is 0 Å². The third-order valence-electron chi connectivity index (χ3n) is 3.02. The number of ether oxygens (including phenoxy) is 3. The summed E-state index contributed by atoms with van der Waals surface area (Å²) < 4.78 is 15.1. The average molecular weight is 276 g/mol. The normalized spacial score (nSPS) is 22.3. The van der Waals surface area contributed by atoms with Crippen LogP contribution in [0.5, 0.6) is 0 Å². The number of cyclic esters (lactones) is 1. The van der Waals surface area contributed by atoms with Gasteiger partial charge >= 0.3 is 11.9 Å². The van der Waals surface area contributed by atoms with Crippen LogP contribution in [0.3, 0.4) is 0 Å². The summed E-state index contributed by atoms with van der Waals surface area (Å²) in [6, 6.07) is 9.01. The second kappa shape index (κ2) is 6.23. The van der Waals surface area contributed by atoms with Gasteiger partial charge in [-0.1, -0.05) is 37.3 Å². The smallest absolute Gasteiger partial charge is 0.341 e. The number of methoxy groups -OCH3 is 1. The van der Waals surface area contributed by atoms with Crippen molar-refractivity contribution >= 4 is 17.5 Å². The predicted octanol–water partition coefficient (Wildman–Crippen LogP) is 2.13. The highest BCUT2D eigenvalue weighted by molar-refractivity contribution is 6.16. The van der Waals surface area contributed by atoms with Crippen LogP contribution in [0.4, 0.5) is 0 Å². The molecule has 0 spiro atoms. The second-order valence-electron chi connectivity index (χ2n) is 4.53. The van der Waals surface area contributed by atoms with Gasteiger partial charge in [0.1, 0.15) is 11.8 Å². The number of rotatable bonds is 4. The van der Waals surface area contributed by atoms with Crippen molar-refractivity contribution in [1.29, 1.82) is 0 Å². The lowest BCUT2D eigenvalue weighted by Gasteiger charge is -2.10. The second-order valence-corrected chi connectivity index (χ2v) is 4.53. The molecule has 5 nitrogen and oxygen atoms in total. The van der Waals surface area contributed by atoms with Gasteiger partial charge in [0.25, 0.3) is 0 Å². The van der Waals surface area contributed by atoms with Crippen LogP contribution in [-0.2, 0) is 23.8 Å². The van der Waals surface area contributed by atoms with Crippen molar-refractivity contribution in [2.24, 2.45) is 5.92 Å². The van der Waals surface area contributed by atoms with Gasteiger partial charge in [-0.15, -0.1) is 0 Å². The topological polar surface area (TPSA) is 61.8 Å². The number of carbonyl (C=O) groups excluding carboxylic acids is 2. The average Bonchev–Trinajstić information content (AvgIpc) is 2.78. The van der Waals surface area contributed by atoms with Crippen LogP contribution in [0.25, 0.3) is 5.57 Å². The van der Waals surface area contributed by atoms with Gasteiger partial charge in [-0.2, -0.15) is 0 Å². The molecule has 1 heterocycles. The first-order valence-electron chi connectivity index (χ1n) is 6.31. The van der Waals surface area contributed by atoms with Gasteiger partial charge in [0.2, 0.25) is 6.29 Å². The van der Waals surface area contributed by atoms with Crippen LogP contribution >= 0.6 is 0 Å². The largest absolute Gasteiger partial charge is 0.465 e. The Morgan fingerprint density at radius 2 is 2.05 bits per heavy atom. The fourth-order valence-electron chi connectivity index (χ4n) is 1.87. The maximum absolute atomic E-state index is 11.8. The first kappa shape index (κ1) is 14.1. The van der Waals surface area contributed by atoms with Crippen molar-refractivity contribution in [3.05, 3.63) is 42.2 Å². The van der Waals surface area contributed by atoms with Crippen molar-refractivity contribution in [1.82, 2.24) is 0 Å². The zero-order valence-corrected chi connectivity index (χ0v) is 11.4. The molecule has 1 aliphatic heterocycles. The quantitative estimate of drug-likeness (QED) is 0.479. The molecule has 1 fully saturated rings. The molecular weight excluding hydrogens is 260 g/mol. The van der Waals surface area contributed by atoms with E-state index in [-0.39, 0.29) is 17.5 Å². The van der Waals surface area contributed by atoms with Crippen molar-refractivity contribution in [2.45, 2.75) is 19.6 Å². The molecule has 106 valence electrons. The summed E-state index contributed by atoms with van der Waals surface area (Å²) >= 11 is 0. The first-order chi connectivity index (χ1) is 9.61. The standard InChI is InChI=1S/C15H16O5/c1-10-8-13(20-14(10)16)19-9-12(15(17)18-2)11-6-4-3-5-7-11/h3-7,9-10,13H,8H2,1-2H3/b12-9+. The fourth-order valence-corrected chi connectivity index (χ4v) is 1.87. The molecule has 0 N–H and O–H groups in total. The number of carbonyl (C=O) groups is 2. The number of hydrogen-bond donors (Lipinski definition) is 0. The van der Waals surface area contributed by atoms with Crippen LogP contribution in [0.2, 0.25) is 0 Å². The molecule has 5 heteroatoms. The minimum atomic E-state index is -0.652. The summed E-state index contributed by atoms with van der Waals surface area (Å²) in [6.45, 7) is 1.77. The zero-order chi connectivity index (χ0) is 14.5. The highest BCUT2D eigenvalue weighted by Crippen LogP contribution is 2.23. The highest BCUT2D eigenvalue weighted by atomic mass is 16.7. The van der Waals surface area contributed by atoms with E-state index in [1.54, 1.807) is 19.1 Å². The summed E-state index contributed by atoms with van der Waals surface area (Å²) in [5, 5.41) is 0. The molecule has 0 radical (unpaired) electrons. The Labute approximate surface area is 117 Å². The van der Waals surface area contributed by atoms with Gasteiger partial charge in [-0.3, -0.25) is 4.79 Å². The number of hydrogen-bond acceptors (Lipinski definition) is 5. The SMILES string of the molecule is COC(=O)/C(=C/OC1CC(C)C(=O)O1)c1ccccc1. The predicted molar refractivity (Wildman–Crippen MR) is 71.2 cm³/mol. The van der Waals surface area contributed by atoms with Crippen LogP contribution in [0.15, 0.2) is 36.6 Å². The van der Waals surface area contributed by atoms with Gasteiger partial charge in [-0.05, 0) is 5.56 Å². The van der Waals surface area contributed by atoms with E-state index < -0.39 is 12.3 Å². The van der Waals surface area contributed by atoms with Gasteiger partial charge in [0.15, 0.2) is 0 Å². The summed E-state index contributed by atoms with van der Waals surface area (Å²) in [6.07, 6.45) is 1.11. The Kier molecular flexibility index (Phi) is 4.40. The maximum atomic E-state index is 11.8. The molecule has 0 aliphatic carbocycles. The Morgan fingerprint density at radius 1 is 1.35 bits per heavy atom. The van der Waals surface area contributed by atoms with E-state index in [0.717, 1.165) is 0 Å². The van der Waals surface area contributed by atoms with E-state index in [1.165, 1.54) is 13.4 Å². The lowest BCUT2D eigenvalue weighted by molar-refractivity contribution is -0.156. The van der Waals surface area contributed by atoms with Crippen LogP contribution < -0.4 is 0 Å². The minimum Gasteiger partial charge on any atom is -0.465 e. The van der Waals surface area contributed by atoms with Gasteiger partial charge in [0, 0.05) is 6.42 Å². The molecule has 0 amide bonds. The van der Waals surface area contributed by atoms with Crippen molar-refractivity contribution in [2.75, 3.05) is 7.11 Å². The lowest BCUT2D eigenvalue weighted by Crippen LogP contribution is -2.10. The molecule has 1 aromatic rings. The molecule has 2 rings (SSSR count). The number of benzene rings is 1. The fraction of sp³-hybridized carbons (Fsp3) is 0.333. The molecule has 2 atom stereocenters. The first-order valence-corrected chi connectivity index (χ1v) is 6.31. The number of esters is 2. The van der Waals surface area contributed by atoms with Crippen LogP contribution in [-0.4, -0.2) is 25.3 Å². The Balaban J connectivity index is 2.14. The molecule has 1 aromatic carbocycles. The molecular formula is C15H16O5. The summed E-state index contributed by atoms with van der Waals surface area (Å²) in [7, 11) is 1.30. The van der Waals surface area contributed by atoms with Crippen LogP contribution in [0, 0.1) is 5.92 Å². The van der Waals surface area contributed by atoms with Crippen LogP contribution in [0.1, 0.15) is 18.9 Å². The highest BCUT2D eigenvalue weighted by Gasteiger charge is 2.32. The van der Waals surface area contributed by atoms with E-state index in [2.05, 4.69) is 0 Å². The molecule has 2 unspecified atom stereocenters. The lowest BCUT2D eigenvalue weighted by atomic mass is 10.1. The van der Waals surface area contributed by atoms with Crippen molar-refractivity contribution in [3.63, 3.8) is 0 Å². The van der Waals surface area contributed by atoms with Crippen molar-refractivity contribution < 1.29 is 23.8 Å². The van der Waals surface area contributed by atoms with Gasteiger partial charge < -0.3 is 14.2 Å². The minimum absolute atomic E-state index is 0.188. The third kappa shape index (κ3) is 3.17. The molecule has 0 bridgehead atoms. The Hall–Kier alpha value is -2.30. The van der Waals surface area contributed by atoms with Gasteiger partial charge in [0.05, 0.1) is 13.0 Å². The molecule has 1 aliphatic rings. The third-order valence-corrected chi connectivity index (χ3v) is 3.02. The van der Waals surface area contributed by atoms with E-state index in [0.29, 0.717) is 12.0 Å². The maximum Gasteiger partial charge on any atom is 0.341 e. The zero-order valence-electron chi connectivity index (χ0n) is 11.4. The van der Waals surface area contributed by atoms with E-state index in [4.69, 9.17) is 14.2 Å². The summed E-state index contributed by atoms with van der Waals surface area (Å²) in [4.78, 5) is 23.0. The van der Waals surface area contributed by atoms with E-state index in [9.17, 15) is 9.59 Å². The summed E-state index contributed by atoms with van der Waals surface area (Å²) in [5.74, 6) is -0.983. The van der Waals surface area contributed by atoms with E-state index in [1.807, 2.05) is 18.2 Å². The summed E-state index contributed by atoms with van der Waals surface area (Å²) in [5.41, 5.74) is 0.959. The Bertz CT molecular complexity index is 520. The molecule has 0 saturated carbocycles.